The van der Waals surface area contributed by atoms with E-state index in [0.29, 0.717) is 12.0 Å². The average molecular weight is 252 g/mol. The Labute approximate surface area is 107 Å². The van der Waals surface area contributed by atoms with Crippen LogP contribution in [0.5, 0.6) is 0 Å². The molecule has 1 aromatic heterocycles. The minimum atomic E-state index is 0.432. The normalized spacial score (nSPS) is 28.8. The highest BCUT2D eigenvalue weighted by Gasteiger charge is 2.30. The molecule has 17 heavy (non-hydrogen) atoms. The standard InChI is InChI=1S/C12H20N4S/c1-8(2)11-14-12(17-15-11)16-6-5-9-3-4-10(7-16)13-9/h8-10,13H,3-7H2,1-2H3. The monoisotopic (exact) mass is 252 g/mol. The van der Waals surface area contributed by atoms with E-state index >= 15 is 0 Å². The quantitative estimate of drug-likeness (QED) is 0.874. The number of fused-ring (bicyclic) bond motifs is 2. The van der Waals surface area contributed by atoms with Gasteiger partial charge >= 0.3 is 0 Å². The van der Waals surface area contributed by atoms with Gasteiger partial charge < -0.3 is 10.2 Å². The van der Waals surface area contributed by atoms with Gasteiger partial charge in [-0.3, -0.25) is 0 Å². The minimum absolute atomic E-state index is 0.432. The summed E-state index contributed by atoms with van der Waals surface area (Å²) in [6, 6.07) is 1.40. The number of hydrogen-bond acceptors (Lipinski definition) is 5. The van der Waals surface area contributed by atoms with Gasteiger partial charge in [-0.05, 0) is 19.3 Å². The lowest BCUT2D eigenvalue weighted by atomic mass is 10.1. The number of anilines is 1. The van der Waals surface area contributed by atoms with Crippen LogP contribution in [0.15, 0.2) is 0 Å². The van der Waals surface area contributed by atoms with E-state index in [2.05, 4.69) is 33.4 Å². The Morgan fingerprint density at radius 3 is 2.88 bits per heavy atom. The van der Waals surface area contributed by atoms with Gasteiger partial charge in [0, 0.05) is 42.6 Å². The zero-order valence-corrected chi connectivity index (χ0v) is 11.3. The first kappa shape index (κ1) is 11.4. The second kappa shape index (κ2) is 4.53. The van der Waals surface area contributed by atoms with Gasteiger partial charge in [-0.2, -0.15) is 4.37 Å². The molecule has 0 spiro atoms. The Morgan fingerprint density at radius 1 is 1.29 bits per heavy atom. The van der Waals surface area contributed by atoms with Gasteiger partial charge in [0.2, 0.25) is 5.13 Å². The molecule has 4 nitrogen and oxygen atoms in total. The Kier molecular flexibility index (Phi) is 3.04. The van der Waals surface area contributed by atoms with Crippen LogP contribution in [0.1, 0.15) is 44.9 Å². The summed E-state index contributed by atoms with van der Waals surface area (Å²) in [5, 5.41) is 4.81. The van der Waals surface area contributed by atoms with Crippen molar-refractivity contribution in [3.8, 4) is 0 Å². The smallest absolute Gasteiger partial charge is 0.205 e. The van der Waals surface area contributed by atoms with Crippen molar-refractivity contribution in [3.05, 3.63) is 5.82 Å². The number of hydrogen-bond donors (Lipinski definition) is 1. The summed E-state index contributed by atoms with van der Waals surface area (Å²) in [5.74, 6) is 1.42. The predicted molar refractivity (Wildman–Crippen MR) is 70.8 cm³/mol. The summed E-state index contributed by atoms with van der Waals surface area (Å²) >= 11 is 1.56. The molecule has 3 rings (SSSR count). The predicted octanol–water partition coefficient (Wildman–Crippen LogP) is 1.99. The summed E-state index contributed by atoms with van der Waals surface area (Å²) in [7, 11) is 0. The Bertz CT molecular complexity index is 390. The lowest BCUT2D eigenvalue weighted by molar-refractivity contribution is 0.563. The molecule has 0 saturated carbocycles. The molecule has 0 radical (unpaired) electrons. The van der Waals surface area contributed by atoms with E-state index in [0.717, 1.165) is 30.1 Å². The van der Waals surface area contributed by atoms with Gasteiger partial charge in [0.15, 0.2) is 0 Å². The molecular weight excluding hydrogens is 232 g/mol. The zero-order valence-electron chi connectivity index (χ0n) is 10.5. The summed E-state index contributed by atoms with van der Waals surface area (Å²) in [6.07, 6.45) is 3.91. The molecule has 2 aliphatic rings. The molecule has 3 heterocycles. The zero-order chi connectivity index (χ0) is 11.8. The van der Waals surface area contributed by atoms with E-state index in [1.54, 1.807) is 11.5 Å². The van der Waals surface area contributed by atoms with Crippen LogP contribution >= 0.6 is 11.5 Å². The highest BCUT2D eigenvalue weighted by atomic mass is 32.1. The lowest BCUT2D eigenvalue weighted by Gasteiger charge is -2.22. The second-order valence-corrected chi connectivity index (χ2v) is 6.19. The SMILES string of the molecule is CC(C)c1nsc(N2CCC3CCC(C2)N3)n1. The van der Waals surface area contributed by atoms with Gasteiger partial charge in [0.1, 0.15) is 5.82 Å². The molecule has 2 aliphatic heterocycles. The Hall–Kier alpha value is -0.680. The largest absolute Gasteiger partial charge is 0.345 e. The Morgan fingerprint density at radius 2 is 2.12 bits per heavy atom. The third-order valence-corrected chi connectivity index (χ3v) is 4.53. The van der Waals surface area contributed by atoms with Gasteiger partial charge in [-0.15, -0.1) is 0 Å². The molecule has 94 valence electrons. The lowest BCUT2D eigenvalue weighted by Crippen LogP contribution is -2.35. The molecule has 2 fully saturated rings. The maximum Gasteiger partial charge on any atom is 0.205 e. The van der Waals surface area contributed by atoms with Gasteiger partial charge in [-0.25, -0.2) is 4.98 Å². The van der Waals surface area contributed by atoms with Crippen molar-refractivity contribution in [1.82, 2.24) is 14.7 Å². The second-order valence-electron chi connectivity index (χ2n) is 5.46. The first-order valence-electron chi connectivity index (χ1n) is 6.57. The summed E-state index contributed by atoms with van der Waals surface area (Å²) in [5.41, 5.74) is 0. The first-order valence-corrected chi connectivity index (χ1v) is 7.34. The summed E-state index contributed by atoms with van der Waals surface area (Å²) in [6.45, 7) is 6.53. The average Bonchev–Trinajstić information content (AvgIpc) is 2.86. The van der Waals surface area contributed by atoms with Crippen LogP contribution in [0.25, 0.3) is 0 Å². The third kappa shape index (κ3) is 2.31. The van der Waals surface area contributed by atoms with Crippen LogP contribution in [0, 0.1) is 0 Å². The van der Waals surface area contributed by atoms with Crippen molar-refractivity contribution < 1.29 is 0 Å². The van der Waals surface area contributed by atoms with E-state index < -0.39 is 0 Å². The highest BCUT2D eigenvalue weighted by molar-refractivity contribution is 7.09. The Balaban J connectivity index is 1.74. The van der Waals surface area contributed by atoms with Crippen molar-refractivity contribution in [2.45, 2.75) is 51.1 Å². The van der Waals surface area contributed by atoms with E-state index in [1.807, 2.05) is 0 Å². The van der Waals surface area contributed by atoms with Crippen LogP contribution in [0.3, 0.4) is 0 Å². The maximum absolute atomic E-state index is 4.66. The fraction of sp³-hybridized carbons (Fsp3) is 0.833. The number of aromatic nitrogens is 2. The van der Waals surface area contributed by atoms with E-state index in [-0.39, 0.29) is 0 Å². The van der Waals surface area contributed by atoms with Crippen LogP contribution in [0.4, 0.5) is 5.13 Å². The minimum Gasteiger partial charge on any atom is -0.345 e. The van der Waals surface area contributed by atoms with Gasteiger partial charge in [-0.1, -0.05) is 13.8 Å². The van der Waals surface area contributed by atoms with Crippen LogP contribution < -0.4 is 10.2 Å². The third-order valence-electron chi connectivity index (χ3n) is 3.74. The number of rotatable bonds is 2. The summed E-state index contributed by atoms with van der Waals surface area (Å²) in [4.78, 5) is 7.08. The topological polar surface area (TPSA) is 41.1 Å². The van der Waals surface area contributed by atoms with Crippen molar-refractivity contribution in [2.75, 3.05) is 18.0 Å². The summed E-state index contributed by atoms with van der Waals surface area (Å²) < 4.78 is 4.45. The van der Waals surface area contributed by atoms with E-state index in [4.69, 9.17) is 0 Å². The van der Waals surface area contributed by atoms with Crippen LogP contribution in [0.2, 0.25) is 0 Å². The molecule has 2 bridgehead atoms. The molecule has 0 aromatic carbocycles. The highest BCUT2D eigenvalue weighted by Crippen LogP contribution is 2.27. The molecular formula is C12H20N4S. The molecule has 0 aliphatic carbocycles. The first-order chi connectivity index (χ1) is 8.22. The molecule has 2 atom stereocenters. The fourth-order valence-electron chi connectivity index (χ4n) is 2.71. The van der Waals surface area contributed by atoms with Crippen molar-refractivity contribution in [3.63, 3.8) is 0 Å². The van der Waals surface area contributed by atoms with Crippen LogP contribution in [-0.2, 0) is 0 Å². The molecule has 5 heteroatoms. The van der Waals surface area contributed by atoms with Crippen molar-refractivity contribution in [1.29, 1.82) is 0 Å². The molecule has 0 amide bonds. The molecule has 2 unspecified atom stereocenters. The van der Waals surface area contributed by atoms with Crippen molar-refractivity contribution in [2.24, 2.45) is 0 Å². The maximum atomic E-state index is 4.66. The molecule has 1 aromatic rings. The van der Waals surface area contributed by atoms with Gasteiger partial charge in [0.05, 0.1) is 0 Å². The van der Waals surface area contributed by atoms with Gasteiger partial charge in [0.25, 0.3) is 0 Å². The van der Waals surface area contributed by atoms with Crippen molar-refractivity contribution >= 4 is 16.7 Å². The number of nitrogens with one attached hydrogen (secondary N) is 1. The van der Waals surface area contributed by atoms with E-state index in [9.17, 15) is 0 Å². The van der Waals surface area contributed by atoms with Crippen LogP contribution in [-0.4, -0.2) is 34.5 Å². The fourth-order valence-corrected chi connectivity index (χ4v) is 3.55. The van der Waals surface area contributed by atoms with E-state index in [1.165, 1.54) is 19.3 Å². The number of nitrogens with zero attached hydrogens (tertiary/aromatic N) is 3. The molecule has 2 saturated heterocycles. The molecule has 1 N–H and O–H groups in total.